The van der Waals surface area contributed by atoms with Crippen molar-refractivity contribution in [2.75, 3.05) is 0 Å². The summed E-state index contributed by atoms with van der Waals surface area (Å²) < 4.78 is 5.44. The molecule has 0 aromatic carbocycles. The predicted molar refractivity (Wildman–Crippen MR) is 103 cm³/mol. The van der Waals surface area contributed by atoms with Crippen molar-refractivity contribution in [3.63, 3.8) is 0 Å². The summed E-state index contributed by atoms with van der Waals surface area (Å²) in [5.74, 6) is -1.00. The van der Waals surface area contributed by atoms with Crippen molar-refractivity contribution in [3.8, 4) is 0 Å². The first-order chi connectivity index (χ1) is 12.3. The summed E-state index contributed by atoms with van der Waals surface area (Å²) in [5, 5.41) is 2.80. The SMILES string of the molecule is CC1=CC2=NC(=O)CC(C)(C(=O)NC(C(=O)OC(C)(C)C)C(C)C)N2C=C1. The largest absolute Gasteiger partial charge is 0.458 e. The third-order valence-corrected chi connectivity index (χ3v) is 4.46. The van der Waals surface area contributed by atoms with Crippen molar-refractivity contribution in [1.29, 1.82) is 0 Å². The maximum atomic E-state index is 13.2. The summed E-state index contributed by atoms with van der Waals surface area (Å²) in [7, 11) is 0. The fraction of sp³-hybridized carbons (Fsp3) is 0.600. The van der Waals surface area contributed by atoms with Crippen molar-refractivity contribution in [2.45, 2.75) is 72.1 Å². The van der Waals surface area contributed by atoms with E-state index in [-0.39, 0.29) is 18.2 Å². The number of carbonyl (C=O) groups is 3. The molecule has 0 bridgehead atoms. The summed E-state index contributed by atoms with van der Waals surface area (Å²) in [6.45, 7) is 12.6. The fourth-order valence-corrected chi connectivity index (χ4v) is 2.99. The molecule has 2 aliphatic rings. The minimum atomic E-state index is -1.17. The lowest BCUT2D eigenvalue weighted by molar-refractivity contribution is -0.160. The molecular weight excluding hydrogens is 346 g/mol. The summed E-state index contributed by atoms with van der Waals surface area (Å²) >= 11 is 0. The van der Waals surface area contributed by atoms with Gasteiger partial charge in [0, 0.05) is 6.20 Å². The van der Waals surface area contributed by atoms with Crippen LogP contribution in [-0.4, -0.2) is 45.7 Å². The van der Waals surface area contributed by atoms with E-state index in [4.69, 9.17) is 4.74 Å². The van der Waals surface area contributed by atoms with E-state index in [1.807, 2.05) is 26.8 Å². The number of ether oxygens (including phenoxy) is 1. The van der Waals surface area contributed by atoms with Gasteiger partial charge in [-0.3, -0.25) is 9.59 Å². The minimum absolute atomic E-state index is 0.0707. The molecule has 2 heterocycles. The highest BCUT2D eigenvalue weighted by atomic mass is 16.6. The number of amides is 2. The molecule has 0 radical (unpaired) electrons. The van der Waals surface area contributed by atoms with Crippen LogP contribution in [0.3, 0.4) is 0 Å². The van der Waals surface area contributed by atoms with E-state index in [2.05, 4.69) is 10.3 Å². The molecule has 0 aliphatic carbocycles. The van der Waals surface area contributed by atoms with E-state index >= 15 is 0 Å². The van der Waals surface area contributed by atoms with E-state index in [0.717, 1.165) is 5.57 Å². The number of esters is 1. The smallest absolute Gasteiger partial charge is 0.329 e. The quantitative estimate of drug-likeness (QED) is 0.762. The highest BCUT2D eigenvalue weighted by Gasteiger charge is 2.47. The first-order valence-corrected chi connectivity index (χ1v) is 9.15. The summed E-state index contributed by atoms with van der Waals surface area (Å²) in [5.41, 5.74) is -0.884. The van der Waals surface area contributed by atoms with Crippen LogP contribution in [0.25, 0.3) is 0 Å². The van der Waals surface area contributed by atoms with Gasteiger partial charge >= 0.3 is 5.97 Å². The lowest BCUT2D eigenvalue weighted by atomic mass is 9.89. The predicted octanol–water partition coefficient (Wildman–Crippen LogP) is 2.33. The van der Waals surface area contributed by atoms with Crippen LogP contribution < -0.4 is 5.32 Å². The zero-order valence-electron chi connectivity index (χ0n) is 17.1. The Hall–Kier alpha value is -2.44. The number of hydrogen-bond acceptors (Lipinski definition) is 5. The Balaban J connectivity index is 2.27. The lowest BCUT2D eigenvalue weighted by Gasteiger charge is -2.42. The Kier molecular flexibility index (Phi) is 5.63. The Morgan fingerprint density at radius 3 is 2.52 bits per heavy atom. The van der Waals surface area contributed by atoms with Gasteiger partial charge in [-0.2, -0.15) is 4.99 Å². The Bertz CT molecular complexity index is 743. The maximum absolute atomic E-state index is 13.2. The van der Waals surface area contributed by atoms with Gasteiger partial charge in [0.15, 0.2) is 0 Å². The van der Waals surface area contributed by atoms with Crippen molar-refractivity contribution < 1.29 is 19.1 Å². The summed E-state index contributed by atoms with van der Waals surface area (Å²) in [4.78, 5) is 43.6. The fourth-order valence-electron chi connectivity index (χ4n) is 2.99. The second kappa shape index (κ2) is 7.29. The molecule has 0 saturated heterocycles. The number of aliphatic imine (C=N–C) groups is 1. The van der Waals surface area contributed by atoms with E-state index in [1.165, 1.54) is 0 Å². The average molecular weight is 375 g/mol. The number of fused-ring (bicyclic) bond motifs is 1. The number of carbonyl (C=O) groups excluding carboxylic acids is 3. The molecule has 2 unspecified atom stereocenters. The minimum Gasteiger partial charge on any atom is -0.458 e. The van der Waals surface area contributed by atoms with E-state index in [9.17, 15) is 14.4 Å². The van der Waals surface area contributed by atoms with Gasteiger partial charge in [0.2, 0.25) is 5.91 Å². The van der Waals surface area contributed by atoms with Gasteiger partial charge < -0.3 is 15.0 Å². The van der Waals surface area contributed by atoms with E-state index < -0.39 is 29.1 Å². The average Bonchev–Trinajstić information content (AvgIpc) is 2.49. The Morgan fingerprint density at radius 2 is 1.96 bits per heavy atom. The van der Waals surface area contributed by atoms with E-state index in [1.54, 1.807) is 44.9 Å². The van der Waals surface area contributed by atoms with Crippen LogP contribution in [0.2, 0.25) is 0 Å². The van der Waals surface area contributed by atoms with Gasteiger partial charge in [-0.15, -0.1) is 0 Å². The van der Waals surface area contributed by atoms with Gasteiger partial charge in [0.05, 0.1) is 6.42 Å². The van der Waals surface area contributed by atoms with Crippen LogP contribution in [0.4, 0.5) is 0 Å². The number of hydrogen-bond donors (Lipinski definition) is 1. The van der Waals surface area contributed by atoms with Crippen molar-refractivity contribution in [3.05, 3.63) is 23.9 Å². The van der Waals surface area contributed by atoms with E-state index in [0.29, 0.717) is 5.84 Å². The highest BCUT2D eigenvalue weighted by molar-refractivity contribution is 6.10. The van der Waals surface area contributed by atoms with Gasteiger partial charge in [0.25, 0.3) is 5.91 Å². The van der Waals surface area contributed by atoms with Gasteiger partial charge in [-0.1, -0.05) is 13.8 Å². The lowest BCUT2D eigenvalue weighted by Crippen LogP contribution is -2.62. The maximum Gasteiger partial charge on any atom is 0.329 e. The molecule has 27 heavy (non-hydrogen) atoms. The molecule has 0 spiro atoms. The molecule has 148 valence electrons. The molecule has 2 rings (SSSR count). The summed E-state index contributed by atoms with van der Waals surface area (Å²) in [6.07, 6.45) is 5.29. The van der Waals surface area contributed by atoms with Crippen molar-refractivity contribution >= 4 is 23.6 Å². The zero-order chi connectivity index (χ0) is 20.6. The first kappa shape index (κ1) is 20.9. The van der Waals surface area contributed by atoms with Gasteiger partial charge in [-0.05, 0) is 58.3 Å². The van der Waals surface area contributed by atoms with Crippen LogP contribution in [0.1, 0.15) is 54.9 Å². The van der Waals surface area contributed by atoms with Crippen molar-refractivity contribution in [1.82, 2.24) is 10.2 Å². The molecule has 2 aliphatic heterocycles. The summed E-state index contributed by atoms with van der Waals surface area (Å²) in [6, 6.07) is -0.808. The van der Waals surface area contributed by atoms with Crippen LogP contribution in [0, 0.1) is 5.92 Å². The molecule has 0 aromatic rings. The molecule has 7 nitrogen and oxygen atoms in total. The number of nitrogens with one attached hydrogen (secondary N) is 1. The monoisotopic (exact) mass is 375 g/mol. The van der Waals surface area contributed by atoms with Crippen LogP contribution in [0.5, 0.6) is 0 Å². The molecule has 2 amide bonds. The second-order valence-corrected chi connectivity index (χ2v) is 8.62. The van der Waals surface area contributed by atoms with Gasteiger partial charge in [0.1, 0.15) is 23.0 Å². The Morgan fingerprint density at radius 1 is 1.33 bits per heavy atom. The normalized spacial score (nSPS) is 23.4. The molecule has 7 heteroatoms. The topological polar surface area (TPSA) is 88.1 Å². The van der Waals surface area contributed by atoms with Crippen molar-refractivity contribution in [2.24, 2.45) is 10.9 Å². The standard InChI is InChI=1S/C20H29N3O4/c1-12(2)16(17(25)27-19(4,5)6)22-18(26)20(7)11-15(24)21-14-10-13(3)8-9-23(14)20/h8-10,12,16H,11H2,1-7H3,(H,22,26). The van der Waals surface area contributed by atoms with Crippen LogP contribution in [-0.2, 0) is 19.1 Å². The number of nitrogens with zero attached hydrogens (tertiary/aromatic N) is 2. The van der Waals surface area contributed by atoms with Crippen LogP contribution in [0.15, 0.2) is 28.9 Å². The van der Waals surface area contributed by atoms with Crippen LogP contribution >= 0.6 is 0 Å². The molecule has 0 fully saturated rings. The van der Waals surface area contributed by atoms with Gasteiger partial charge in [-0.25, -0.2) is 4.79 Å². The highest BCUT2D eigenvalue weighted by Crippen LogP contribution is 2.29. The molecule has 0 saturated carbocycles. The third kappa shape index (κ3) is 4.64. The molecule has 2 atom stereocenters. The molecular formula is C20H29N3O4. The second-order valence-electron chi connectivity index (χ2n) is 8.62. The Labute approximate surface area is 160 Å². The zero-order valence-corrected chi connectivity index (χ0v) is 17.1. The molecule has 0 aromatic heterocycles. The first-order valence-electron chi connectivity index (χ1n) is 9.15. The number of allylic oxidation sites excluding steroid dienone is 2. The third-order valence-electron chi connectivity index (χ3n) is 4.46. The number of amidine groups is 1. The molecule has 1 N–H and O–H groups in total. The number of rotatable bonds is 4.